The summed E-state index contributed by atoms with van der Waals surface area (Å²) >= 11 is 0. The van der Waals surface area contributed by atoms with E-state index in [9.17, 15) is 13.6 Å². The SMILES string of the molecule is CC1CCCN(C(=O)c2c(F)cccc2F)C1. The third-order valence-corrected chi connectivity index (χ3v) is 3.12. The molecule has 0 aliphatic carbocycles. The second-order valence-electron chi connectivity index (χ2n) is 4.60. The van der Waals surface area contributed by atoms with E-state index in [-0.39, 0.29) is 0 Å². The van der Waals surface area contributed by atoms with Gasteiger partial charge in [0.25, 0.3) is 5.91 Å². The molecule has 1 fully saturated rings. The molecule has 0 aromatic heterocycles. The largest absolute Gasteiger partial charge is 0.338 e. The summed E-state index contributed by atoms with van der Waals surface area (Å²) in [5.41, 5.74) is -0.429. The zero-order valence-electron chi connectivity index (χ0n) is 9.75. The highest BCUT2D eigenvalue weighted by atomic mass is 19.1. The molecule has 0 N–H and O–H groups in total. The number of rotatable bonds is 1. The number of carbonyl (C=O) groups excluding carboxylic acids is 1. The van der Waals surface area contributed by atoms with E-state index in [1.165, 1.54) is 11.0 Å². The molecule has 1 unspecified atom stereocenters. The van der Waals surface area contributed by atoms with Gasteiger partial charge in [-0.2, -0.15) is 0 Å². The number of benzene rings is 1. The van der Waals surface area contributed by atoms with Crippen LogP contribution >= 0.6 is 0 Å². The molecule has 1 aromatic carbocycles. The van der Waals surface area contributed by atoms with E-state index in [1.54, 1.807) is 0 Å². The Balaban J connectivity index is 2.24. The van der Waals surface area contributed by atoms with Gasteiger partial charge in [0.1, 0.15) is 17.2 Å². The second kappa shape index (κ2) is 4.82. The van der Waals surface area contributed by atoms with Crippen LogP contribution in [0.25, 0.3) is 0 Å². The lowest BCUT2D eigenvalue weighted by atomic mass is 9.99. The van der Waals surface area contributed by atoms with Crippen LogP contribution in [0.15, 0.2) is 18.2 Å². The summed E-state index contributed by atoms with van der Waals surface area (Å²) < 4.78 is 26.9. The fourth-order valence-electron chi connectivity index (χ4n) is 2.23. The molecule has 1 heterocycles. The van der Waals surface area contributed by atoms with E-state index in [0.29, 0.717) is 19.0 Å². The van der Waals surface area contributed by atoms with E-state index in [1.807, 2.05) is 6.92 Å². The highest BCUT2D eigenvalue weighted by Crippen LogP contribution is 2.20. The first-order valence-electron chi connectivity index (χ1n) is 5.83. The van der Waals surface area contributed by atoms with Crippen molar-refractivity contribution in [2.75, 3.05) is 13.1 Å². The zero-order valence-corrected chi connectivity index (χ0v) is 9.75. The van der Waals surface area contributed by atoms with Crippen molar-refractivity contribution in [1.82, 2.24) is 4.90 Å². The Kier molecular flexibility index (Phi) is 3.41. The average molecular weight is 239 g/mol. The summed E-state index contributed by atoms with van der Waals surface area (Å²) in [6.45, 7) is 3.20. The molecule has 0 spiro atoms. The minimum absolute atomic E-state index is 0.391. The Morgan fingerprint density at radius 3 is 2.59 bits per heavy atom. The van der Waals surface area contributed by atoms with Crippen LogP contribution in [0.5, 0.6) is 0 Å². The molecule has 17 heavy (non-hydrogen) atoms. The number of hydrogen-bond donors (Lipinski definition) is 0. The number of hydrogen-bond acceptors (Lipinski definition) is 1. The van der Waals surface area contributed by atoms with Gasteiger partial charge in [-0.05, 0) is 30.9 Å². The Morgan fingerprint density at radius 2 is 2.00 bits per heavy atom. The van der Waals surface area contributed by atoms with E-state index in [4.69, 9.17) is 0 Å². The van der Waals surface area contributed by atoms with Gasteiger partial charge < -0.3 is 4.90 Å². The maximum Gasteiger partial charge on any atom is 0.259 e. The van der Waals surface area contributed by atoms with E-state index < -0.39 is 23.1 Å². The van der Waals surface area contributed by atoms with Crippen molar-refractivity contribution >= 4 is 5.91 Å². The quantitative estimate of drug-likeness (QED) is 0.738. The van der Waals surface area contributed by atoms with Crippen LogP contribution < -0.4 is 0 Å². The summed E-state index contributed by atoms with van der Waals surface area (Å²) in [4.78, 5) is 13.6. The molecule has 92 valence electrons. The molecule has 2 nitrogen and oxygen atoms in total. The molecule has 1 aliphatic heterocycles. The van der Waals surface area contributed by atoms with Crippen molar-refractivity contribution < 1.29 is 13.6 Å². The molecule has 1 atom stereocenters. The van der Waals surface area contributed by atoms with Crippen LogP contribution in [0.2, 0.25) is 0 Å². The van der Waals surface area contributed by atoms with Gasteiger partial charge in [-0.25, -0.2) is 8.78 Å². The van der Waals surface area contributed by atoms with Crippen molar-refractivity contribution in [2.24, 2.45) is 5.92 Å². The average Bonchev–Trinajstić information content (AvgIpc) is 2.28. The normalized spacial score (nSPS) is 20.4. The summed E-state index contributed by atoms with van der Waals surface area (Å²) in [5, 5.41) is 0. The van der Waals surface area contributed by atoms with Crippen LogP contribution in [-0.4, -0.2) is 23.9 Å². The molecule has 2 rings (SSSR count). The number of amides is 1. The van der Waals surface area contributed by atoms with Crippen molar-refractivity contribution in [3.8, 4) is 0 Å². The van der Waals surface area contributed by atoms with E-state index in [2.05, 4.69) is 0 Å². The standard InChI is InChI=1S/C13H15F2NO/c1-9-4-3-7-16(8-9)13(17)12-10(14)5-2-6-11(12)15/h2,5-6,9H,3-4,7-8H2,1H3. The molecule has 1 saturated heterocycles. The maximum absolute atomic E-state index is 13.5. The number of halogens is 2. The van der Waals surface area contributed by atoms with Gasteiger partial charge in [-0.15, -0.1) is 0 Å². The summed E-state index contributed by atoms with van der Waals surface area (Å²) in [7, 11) is 0. The predicted octanol–water partition coefficient (Wildman–Crippen LogP) is 2.84. The first kappa shape index (κ1) is 12.0. The Labute approximate surface area is 99.2 Å². The lowest BCUT2D eigenvalue weighted by Crippen LogP contribution is -2.39. The zero-order chi connectivity index (χ0) is 12.4. The van der Waals surface area contributed by atoms with Crippen LogP contribution in [-0.2, 0) is 0 Å². The first-order valence-corrected chi connectivity index (χ1v) is 5.83. The highest BCUT2D eigenvalue weighted by molar-refractivity contribution is 5.94. The number of piperidine rings is 1. The van der Waals surface area contributed by atoms with Crippen LogP contribution in [0.3, 0.4) is 0 Å². The van der Waals surface area contributed by atoms with Gasteiger partial charge in [0.15, 0.2) is 0 Å². The van der Waals surface area contributed by atoms with Crippen molar-refractivity contribution in [3.63, 3.8) is 0 Å². The minimum atomic E-state index is -0.784. The van der Waals surface area contributed by atoms with Crippen molar-refractivity contribution in [2.45, 2.75) is 19.8 Å². The molecular weight excluding hydrogens is 224 g/mol. The first-order chi connectivity index (χ1) is 8.09. The van der Waals surface area contributed by atoms with Crippen LogP contribution in [0.4, 0.5) is 8.78 Å². The van der Waals surface area contributed by atoms with Gasteiger partial charge in [-0.3, -0.25) is 4.79 Å². The second-order valence-corrected chi connectivity index (χ2v) is 4.60. The monoisotopic (exact) mass is 239 g/mol. The molecule has 4 heteroatoms. The van der Waals surface area contributed by atoms with E-state index >= 15 is 0 Å². The molecule has 1 aromatic rings. The van der Waals surface area contributed by atoms with Crippen LogP contribution in [0, 0.1) is 17.6 Å². The van der Waals surface area contributed by atoms with Crippen molar-refractivity contribution in [1.29, 1.82) is 0 Å². The predicted molar refractivity (Wildman–Crippen MR) is 60.7 cm³/mol. The van der Waals surface area contributed by atoms with Gasteiger partial charge in [0.2, 0.25) is 0 Å². The molecule has 0 bridgehead atoms. The maximum atomic E-state index is 13.5. The van der Waals surface area contributed by atoms with E-state index in [0.717, 1.165) is 25.0 Å². The molecule has 0 radical (unpaired) electrons. The van der Waals surface area contributed by atoms with Gasteiger partial charge in [0, 0.05) is 13.1 Å². The third-order valence-electron chi connectivity index (χ3n) is 3.12. The lowest BCUT2D eigenvalue weighted by molar-refractivity contribution is 0.0673. The Hall–Kier alpha value is -1.45. The summed E-state index contributed by atoms with van der Waals surface area (Å²) in [6, 6.07) is 3.49. The number of nitrogens with zero attached hydrogens (tertiary/aromatic N) is 1. The topological polar surface area (TPSA) is 20.3 Å². The third kappa shape index (κ3) is 2.46. The summed E-state index contributed by atoms with van der Waals surface area (Å²) in [6.07, 6.45) is 1.95. The Bertz CT molecular complexity index is 413. The minimum Gasteiger partial charge on any atom is -0.338 e. The van der Waals surface area contributed by atoms with Gasteiger partial charge in [-0.1, -0.05) is 13.0 Å². The summed E-state index contributed by atoms with van der Waals surface area (Å²) in [5.74, 6) is -1.71. The van der Waals surface area contributed by atoms with Gasteiger partial charge in [0.05, 0.1) is 0 Å². The smallest absolute Gasteiger partial charge is 0.259 e. The number of carbonyl (C=O) groups is 1. The van der Waals surface area contributed by atoms with Crippen LogP contribution in [0.1, 0.15) is 30.1 Å². The van der Waals surface area contributed by atoms with Gasteiger partial charge >= 0.3 is 0 Å². The van der Waals surface area contributed by atoms with Crippen molar-refractivity contribution in [3.05, 3.63) is 35.4 Å². The Morgan fingerprint density at radius 1 is 1.35 bits per heavy atom. The molecule has 1 amide bonds. The number of likely N-dealkylation sites (tertiary alicyclic amines) is 1. The highest BCUT2D eigenvalue weighted by Gasteiger charge is 2.26. The molecular formula is C13H15F2NO. The fourth-order valence-corrected chi connectivity index (χ4v) is 2.23. The lowest BCUT2D eigenvalue weighted by Gasteiger charge is -2.31. The fraction of sp³-hybridized carbons (Fsp3) is 0.462. The molecule has 1 aliphatic rings. The molecule has 0 saturated carbocycles.